The number of ketones is 2. The van der Waals surface area contributed by atoms with Crippen molar-refractivity contribution in [1.29, 1.82) is 0 Å². The van der Waals surface area contributed by atoms with Crippen LogP contribution in [-0.4, -0.2) is 51.3 Å². The van der Waals surface area contributed by atoms with Crippen molar-refractivity contribution in [2.24, 2.45) is 45.8 Å². The largest absolute Gasteiger partial charge is 0.481 e. The number of nitrogens with zero attached hydrogens (tertiary/aromatic N) is 1. The quantitative estimate of drug-likeness (QED) is 0.585. The van der Waals surface area contributed by atoms with Gasteiger partial charge in [-0.1, -0.05) is 27.7 Å². The maximum absolute atomic E-state index is 14.0. The third-order valence-electron chi connectivity index (χ3n) is 11.9. The fraction of sp³-hybridized carbons (Fsp3) is 0.862. The van der Waals surface area contributed by atoms with Crippen molar-refractivity contribution in [2.45, 2.75) is 104 Å². The molecule has 35 heavy (non-hydrogen) atoms. The minimum Gasteiger partial charge on any atom is -0.481 e. The normalized spacial score (nSPS) is 52.9. The molecule has 1 N–H and O–H groups in total. The van der Waals surface area contributed by atoms with E-state index in [2.05, 4.69) is 39.2 Å². The van der Waals surface area contributed by atoms with E-state index in [-0.39, 0.29) is 53.0 Å². The number of rotatable bonds is 2. The highest BCUT2D eigenvalue weighted by Gasteiger charge is 2.74. The second-order valence-electron chi connectivity index (χ2n) is 14.1. The summed E-state index contributed by atoms with van der Waals surface area (Å²) in [7, 11) is 0. The van der Waals surface area contributed by atoms with E-state index in [9.17, 15) is 19.5 Å². The molecule has 0 amide bonds. The Hall–Kier alpha value is -1.56. The average Bonchev–Trinajstić information content (AvgIpc) is 3.01. The number of aliphatic carboxylic acids is 1. The van der Waals surface area contributed by atoms with E-state index in [1.165, 1.54) is 5.71 Å². The maximum atomic E-state index is 14.0. The van der Waals surface area contributed by atoms with Crippen LogP contribution < -0.4 is 0 Å². The number of hydrogen-bond acceptors (Lipinski definition) is 4. The molecule has 0 aromatic rings. The van der Waals surface area contributed by atoms with E-state index in [0.717, 1.165) is 45.1 Å². The summed E-state index contributed by atoms with van der Waals surface area (Å²) in [5.41, 5.74) is -0.446. The van der Waals surface area contributed by atoms with Crippen LogP contribution in [0, 0.1) is 45.8 Å². The van der Waals surface area contributed by atoms with Crippen LogP contribution in [0.1, 0.15) is 92.4 Å². The van der Waals surface area contributed by atoms with Gasteiger partial charge < -0.3 is 9.84 Å². The molecule has 3 aliphatic carbocycles. The number of carbonyl (C=O) groups is 3. The van der Waals surface area contributed by atoms with Crippen molar-refractivity contribution in [3.63, 3.8) is 0 Å². The first-order valence-corrected chi connectivity index (χ1v) is 13.9. The number of Topliss-reactive ketones (excluding diaryl/α,β-unsaturated/α-hetero) is 2. The molecule has 3 aliphatic heterocycles. The number of carboxylic acid groups (broad SMARTS) is 1. The Labute approximate surface area is 208 Å². The molecule has 6 nitrogen and oxygen atoms in total. The molecule has 3 saturated carbocycles. The van der Waals surface area contributed by atoms with E-state index >= 15 is 0 Å². The Morgan fingerprint density at radius 1 is 1.06 bits per heavy atom. The van der Waals surface area contributed by atoms with Gasteiger partial charge in [0.15, 0.2) is 12.3 Å². The minimum absolute atomic E-state index is 0.0125. The van der Waals surface area contributed by atoms with Crippen molar-refractivity contribution < 1.29 is 28.8 Å². The maximum Gasteiger partial charge on any atom is 0.303 e. The number of fused-ring (bicyclic) bond motifs is 5. The van der Waals surface area contributed by atoms with Gasteiger partial charge in [0.05, 0.1) is 11.8 Å². The predicted octanol–water partition coefficient (Wildman–Crippen LogP) is 4.48. The standard InChI is InChI=1S/C29H41NO5/c1-16-9-20-19(21(31)10-16)11-22(32)25-26(20,3)13-23-27(4,28(25,5)14-24(33)34)6-7-29-12-17(2)8-18(35-29)15-30(23)29/h16-20,25H,6-15H2,1-5H3/p+1. The summed E-state index contributed by atoms with van der Waals surface area (Å²) in [5.74, 6) is 0.0582. The van der Waals surface area contributed by atoms with Crippen LogP contribution in [0.3, 0.4) is 0 Å². The molecule has 2 saturated heterocycles. The summed E-state index contributed by atoms with van der Waals surface area (Å²) >= 11 is 0. The lowest BCUT2D eigenvalue weighted by atomic mass is 9.36. The molecule has 0 aromatic heterocycles. The minimum atomic E-state index is -0.828. The summed E-state index contributed by atoms with van der Waals surface area (Å²) in [6, 6.07) is 0. The number of ether oxygens (including phenoxy) is 1. The molecule has 6 heteroatoms. The molecule has 0 aromatic carbocycles. The summed E-state index contributed by atoms with van der Waals surface area (Å²) < 4.78 is 9.25. The predicted molar refractivity (Wildman–Crippen MR) is 130 cm³/mol. The highest BCUT2D eigenvalue weighted by atomic mass is 16.5. The van der Waals surface area contributed by atoms with Gasteiger partial charge in [0.25, 0.3) is 5.72 Å². The Bertz CT molecular complexity index is 1050. The Morgan fingerprint density at radius 3 is 2.51 bits per heavy atom. The lowest BCUT2D eigenvalue weighted by Gasteiger charge is -2.65. The van der Waals surface area contributed by atoms with Gasteiger partial charge in [-0.2, -0.15) is 0 Å². The first-order valence-electron chi connectivity index (χ1n) is 13.9. The van der Waals surface area contributed by atoms with Crippen molar-refractivity contribution in [2.75, 3.05) is 6.54 Å². The molecule has 3 heterocycles. The highest BCUT2D eigenvalue weighted by molar-refractivity contribution is 5.97. The molecule has 6 rings (SSSR count). The molecule has 10 atom stereocenters. The lowest BCUT2D eigenvalue weighted by Crippen LogP contribution is -2.70. The van der Waals surface area contributed by atoms with Crippen molar-refractivity contribution in [1.82, 2.24) is 0 Å². The smallest absolute Gasteiger partial charge is 0.303 e. The first kappa shape index (κ1) is 23.8. The van der Waals surface area contributed by atoms with Crippen molar-refractivity contribution in [3.8, 4) is 0 Å². The van der Waals surface area contributed by atoms with Crippen LogP contribution in [0.15, 0.2) is 0 Å². The summed E-state index contributed by atoms with van der Waals surface area (Å²) in [4.78, 5) is 39.6. The van der Waals surface area contributed by atoms with Crippen LogP contribution >= 0.6 is 0 Å². The van der Waals surface area contributed by atoms with E-state index in [1.807, 2.05) is 0 Å². The molecule has 6 aliphatic rings. The average molecular weight is 485 g/mol. The highest BCUT2D eigenvalue weighted by Crippen LogP contribution is 2.70. The third kappa shape index (κ3) is 2.98. The fourth-order valence-corrected chi connectivity index (χ4v) is 10.5. The van der Waals surface area contributed by atoms with Crippen LogP contribution in [0.4, 0.5) is 0 Å². The Balaban J connectivity index is 1.57. The van der Waals surface area contributed by atoms with Crippen LogP contribution in [0.2, 0.25) is 0 Å². The van der Waals surface area contributed by atoms with Gasteiger partial charge >= 0.3 is 5.97 Å². The zero-order valence-electron chi connectivity index (χ0n) is 22.1. The molecular formula is C29H42NO5+. The zero-order valence-corrected chi connectivity index (χ0v) is 22.1. The van der Waals surface area contributed by atoms with Crippen LogP contribution in [0.5, 0.6) is 0 Å². The topological polar surface area (TPSA) is 83.7 Å². The van der Waals surface area contributed by atoms with E-state index in [1.54, 1.807) is 0 Å². The Morgan fingerprint density at radius 2 is 1.80 bits per heavy atom. The number of hydrogen-bond donors (Lipinski definition) is 1. The lowest BCUT2D eigenvalue weighted by molar-refractivity contribution is -0.635. The van der Waals surface area contributed by atoms with Crippen LogP contribution in [0.25, 0.3) is 0 Å². The number of carbonyl (C=O) groups excluding carboxylic acids is 2. The molecule has 0 radical (unpaired) electrons. The molecular weight excluding hydrogens is 442 g/mol. The molecule has 192 valence electrons. The van der Waals surface area contributed by atoms with Gasteiger partial charge in [0.2, 0.25) is 0 Å². The van der Waals surface area contributed by atoms with E-state index in [4.69, 9.17) is 4.74 Å². The second kappa shape index (κ2) is 7.26. The zero-order chi connectivity index (χ0) is 25.1. The van der Waals surface area contributed by atoms with Gasteiger partial charge in [-0.3, -0.25) is 14.4 Å². The van der Waals surface area contributed by atoms with Crippen molar-refractivity contribution in [3.05, 3.63) is 0 Å². The van der Waals surface area contributed by atoms with Gasteiger partial charge in [0.1, 0.15) is 17.7 Å². The van der Waals surface area contributed by atoms with Crippen LogP contribution in [-0.2, 0) is 19.1 Å². The van der Waals surface area contributed by atoms with Gasteiger partial charge in [-0.05, 0) is 49.4 Å². The second-order valence-corrected chi connectivity index (χ2v) is 14.1. The first-order chi connectivity index (χ1) is 16.3. The fourth-order valence-electron chi connectivity index (χ4n) is 10.5. The monoisotopic (exact) mass is 484 g/mol. The number of carboxylic acids is 1. The molecule has 5 fully saturated rings. The SMILES string of the molecule is CC1CC(=O)C2CC(=O)C3C(C)(CC4=[N+]5CC6CC(C)CC5(CCC4(C)C3(C)CC(=O)O)O6)C2C1. The Kier molecular flexibility index (Phi) is 4.94. The summed E-state index contributed by atoms with van der Waals surface area (Å²) in [6.07, 6.45) is 6.64. The third-order valence-corrected chi connectivity index (χ3v) is 11.9. The van der Waals surface area contributed by atoms with Gasteiger partial charge in [0, 0.05) is 49.4 Å². The molecule has 2 bridgehead atoms. The van der Waals surface area contributed by atoms with Crippen molar-refractivity contribution >= 4 is 23.2 Å². The van der Waals surface area contributed by atoms with Gasteiger partial charge in [-0.25, -0.2) is 4.58 Å². The molecule has 1 spiro atoms. The summed E-state index contributed by atoms with van der Waals surface area (Å²) in [6.45, 7) is 11.9. The van der Waals surface area contributed by atoms with E-state index in [0.29, 0.717) is 24.7 Å². The molecule has 10 unspecified atom stereocenters. The summed E-state index contributed by atoms with van der Waals surface area (Å²) in [5, 5.41) is 10.2. The van der Waals surface area contributed by atoms with Gasteiger partial charge in [-0.15, -0.1) is 0 Å². The van der Waals surface area contributed by atoms with E-state index < -0.39 is 16.8 Å².